The van der Waals surface area contributed by atoms with Crippen molar-refractivity contribution in [2.75, 3.05) is 11.4 Å². The van der Waals surface area contributed by atoms with Crippen molar-refractivity contribution in [3.05, 3.63) is 36.7 Å². The molecule has 4 rings (SSSR count). The van der Waals surface area contributed by atoms with E-state index in [0.717, 1.165) is 0 Å². The Bertz CT molecular complexity index is 629. The average molecular weight is 271 g/mol. The van der Waals surface area contributed by atoms with E-state index in [1.165, 1.54) is 0 Å². The van der Waals surface area contributed by atoms with Gasteiger partial charge in [0.05, 0.1) is 30.5 Å². The maximum atomic E-state index is 12.6. The number of amides is 1. The number of anilines is 1. The van der Waals surface area contributed by atoms with Gasteiger partial charge in [0.1, 0.15) is 5.60 Å². The molecule has 6 nitrogen and oxygen atoms in total. The van der Waals surface area contributed by atoms with Crippen LogP contribution in [-0.4, -0.2) is 35.1 Å². The Morgan fingerprint density at radius 1 is 1.55 bits per heavy atom. The number of hydrogen-bond acceptors (Lipinski definition) is 5. The second kappa shape index (κ2) is 3.67. The Kier molecular flexibility index (Phi) is 2.13. The lowest BCUT2D eigenvalue weighted by atomic mass is 9.77. The molecule has 3 aliphatic heterocycles. The van der Waals surface area contributed by atoms with Gasteiger partial charge in [-0.3, -0.25) is 9.78 Å². The minimum absolute atomic E-state index is 0.237. The van der Waals surface area contributed by atoms with Gasteiger partial charge >= 0.3 is 0 Å². The quantitative estimate of drug-likeness (QED) is 0.652. The number of fused-ring (bicyclic) bond motifs is 1. The van der Waals surface area contributed by atoms with Crippen LogP contribution in [0.5, 0.6) is 0 Å². The number of carbonyl (C=O) groups is 2. The van der Waals surface area contributed by atoms with Crippen molar-refractivity contribution < 1.29 is 19.4 Å². The molecule has 6 heteroatoms. The molecule has 1 spiro atoms. The molecule has 0 aliphatic carbocycles. The lowest BCUT2D eigenvalue weighted by Gasteiger charge is -2.24. The minimum Gasteiger partial charge on any atom is -0.550 e. The van der Waals surface area contributed by atoms with E-state index in [2.05, 4.69) is 4.98 Å². The Morgan fingerprint density at radius 3 is 3.10 bits per heavy atom. The van der Waals surface area contributed by atoms with Crippen molar-refractivity contribution in [3.8, 4) is 0 Å². The van der Waals surface area contributed by atoms with Crippen LogP contribution in [0.4, 0.5) is 5.69 Å². The van der Waals surface area contributed by atoms with E-state index in [4.69, 9.17) is 4.74 Å². The van der Waals surface area contributed by atoms with Crippen LogP contribution < -0.4 is 10.0 Å². The third-order valence-electron chi connectivity index (χ3n) is 4.33. The summed E-state index contributed by atoms with van der Waals surface area (Å²) in [6.45, 7) is 0.318. The molecular formula is C14H11N2O4-. The molecule has 0 aromatic carbocycles. The predicted molar refractivity (Wildman–Crippen MR) is 65.3 cm³/mol. The van der Waals surface area contributed by atoms with Gasteiger partial charge in [0.15, 0.2) is 0 Å². The minimum atomic E-state index is -1.23. The molecule has 0 radical (unpaired) electrons. The smallest absolute Gasteiger partial charge is 0.234 e. The summed E-state index contributed by atoms with van der Waals surface area (Å²) < 4.78 is 5.77. The van der Waals surface area contributed by atoms with E-state index in [-0.39, 0.29) is 5.91 Å². The Balaban J connectivity index is 1.76. The van der Waals surface area contributed by atoms with Gasteiger partial charge in [0.2, 0.25) is 5.91 Å². The van der Waals surface area contributed by atoms with E-state index in [1.54, 1.807) is 35.5 Å². The van der Waals surface area contributed by atoms with Gasteiger partial charge in [-0.05, 0) is 12.1 Å². The number of aliphatic carboxylic acids is 1. The summed E-state index contributed by atoms with van der Waals surface area (Å²) in [5.74, 6) is -3.08. The van der Waals surface area contributed by atoms with Gasteiger partial charge in [-0.2, -0.15) is 0 Å². The molecule has 1 amide bonds. The summed E-state index contributed by atoms with van der Waals surface area (Å²) >= 11 is 0. The molecule has 4 atom stereocenters. The third-order valence-corrected chi connectivity index (χ3v) is 4.33. The van der Waals surface area contributed by atoms with Gasteiger partial charge < -0.3 is 19.5 Å². The molecule has 102 valence electrons. The SMILES string of the molecule is O=C([O-])[C@H]1[C@@H]2C=C[C@]3(CN(c4cccnc4)C(=O)[C@@H]13)O2. The molecule has 3 aliphatic rings. The van der Waals surface area contributed by atoms with Crippen LogP contribution in [0.1, 0.15) is 0 Å². The monoisotopic (exact) mass is 271 g/mol. The Labute approximate surface area is 114 Å². The highest BCUT2D eigenvalue weighted by atomic mass is 16.5. The van der Waals surface area contributed by atoms with Crippen molar-refractivity contribution in [1.82, 2.24) is 4.98 Å². The van der Waals surface area contributed by atoms with Crippen LogP contribution in [0.25, 0.3) is 0 Å². The standard InChI is InChI=1S/C14H12N2O4/c17-12-11-10(13(18)19)9-3-4-14(11,20-9)7-16(12)8-2-1-5-15-6-8/h1-6,9-11H,7H2,(H,18,19)/p-1/t9-,10-,11+,14+/m0/s1. The van der Waals surface area contributed by atoms with Crippen molar-refractivity contribution >= 4 is 17.6 Å². The number of hydrogen-bond donors (Lipinski definition) is 0. The highest BCUT2D eigenvalue weighted by molar-refractivity contribution is 6.02. The normalized spacial score (nSPS) is 37.5. The average Bonchev–Trinajstić information content (AvgIpc) is 3.08. The van der Waals surface area contributed by atoms with Crippen LogP contribution in [0.15, 0.2) is 36.7 Å². The predicted octanol–water partition coefficient (Wildman–Crippen LogP) is -0.882. The van der Waals surface area contributed by atoms with Crippen LogP contribution >= 0.6 is 0 Å². The van der Waals surface area contributed by atoms with Crippen molar-refractivity contribution in [2.45, 2.75) is 11.7 Å². The largest absolute Gasteiger partial charge is 0.550 e. The molecule has 1 aromatic rings. The highest BCUT2D eigenvalue weighted by Gasteiger charge is 2.65. The number of nitrogens with zero attached hydrogens (tertiary/aromatic N) is 2. The Morgan fingerprint density at radius 2 is 2.40 bits per heavy atom. The lowest BCUT2D eigenvalue weighted by Crippen LogP contribution is -2.45. The molecule has 20 heavy (non-hydrogen) atoms. The summed E-state index contributed by atoms with van der Waals surface area (Å²) in [7, 11) is 0. The van der Waals surface area contributed by atoms with Gasteiger partial charge in [0.25, 0.3) is 0 Å². The van der Waals surface area contributed by atoms with E-state index >= 15 is 0 Å². The van der Waals surface area contributed by atoms with Crippen LogP contribution in [0, 0.1) is 11.8 Å². The fraction of sp³-hybridized carbons (Fsp3) is 0.357. The summed E-state index contributed by atoms with van der Waals surface area (Å²) in [6, 6.07) is 3.51. The molecule has 2 saturated heterocycles. The molecule has 2 fully saturated rings. The number of carbonyl (C=O) groups excluding carboxylic acids is 2. The first-order valence-corrected chi connectivity index (χ1v) is 6.42. The number of pyridine rings is 1. The van der Waals surface area contributed by atoms with E-state index < -0.39 is 29.5 Å². The third kappa shape index (κ3) is 1.29. The highest BCUT2D eigenvalue weighted by Crippen LogP contribution is 2.52. The topological polar surface area (TPSA) is 82.6 Å². The first-order chi connectivity index (χ1) is 9.62. The zero-order valence-electron chi connectivity index (χ0n) is 10.4. The first-order valence-electron chi connectivity index (χ1n) is 6.42. The van der Waals surface area contributed by atoms with E-state index in [1.807, 2.05) is 6.08 Å². The molecular weight excluding hydrogens is 260 g/mol. The zero-order chi connectivity index (χ0) is 13.9. The van der Waals surface area contributed by atoms with E-state index in [0.29, 0.717) is 12.2 Å². The summed E-state index contributed by atoms with van der Waals surface area (Å²) in [4.78, 5) is 29.4. The fourth-order valence-corrected chi connectivity index (χ4v) is 3.50. The zero-order valence-corrected chi connectivity index (χ0v) is 10.4. The van der Waals surface area contributed by atoms with Crippen LogP contribution in [0.3, 0.4) is 0 Å². The van der Waals surface area contributed by atoms with Gasteiger partial charge in [0, 0.05) is 18.1 Å². The van der Waals surface area contributed by atoms with Crippen molar-refractivity contribution in [2.24, 2.45) is 11.8 Å². The van der Waals surface area contributed by atoms with Crippen LogP contribution in [0.2, 0.25) is 0 Å². The van der Waals surface area contributed by atoms with Crippen LogP contribution in [-0.2, 0) is 14.3 Å². The molecule has 0 N–H and O–H groups in total. The summed E-state index contributed by atoms with van der Waals surface area (Å²) in [6.07, 6.45) is 6.19. The number of ether oxygens (including phenoxy) is 1. The second-order valence-corrected chi connectivity index (χ2v) is 5.35. The molecule has 1 aromatic heterocycles. The number of aromatic nitrogens is 1. The molecule has 0 unspecified atom stereocenters. The summed E-state index contributed by atoms with van der Waals surface area (Å²) in [5, 5.41) is 11.3. The summed E-state index contributed by atoms with van der Waals surface area (Å²) in [5.41, 5.74) is -0.179. The first kappa shape index (κ1) is 11.6. The number of carboxylic acid groups (broad SMARTS) is 1. The van der Waals surface area contributed by atoms with Gasteiger partial charge in [-0.15, -0.1) is 0 Å². The maximum absolute atomic E-state index is 12.6. The maximum Gasteiger partial charge on any atom is 0.234 e. The molecule has 2 bridgehead atoms. The second-order valence-electron chi connectivity index (χ2n) is 5.35. The number of rotatable bonds is 2. The lowest BCUT2D eigenvalue weighted by molar-refractivity contribution is -0.313. The van der Waals surface area contributed by atoms with E-state index in [9.17, 15) is 14.7 Å². The fourth-order valence-electron chi connectivity index (χ4n) is 3.50. The van der Waals surface area contributed by atoms with Gasteiger partial charge in [-0.25, -0.2) is 0 Å². The number of carboxylic acids is 1. The Hall–Kier alpha value is -2.21. The van der Waals surface area contributed by atoms with Crippen molar-refractivity contribution in [3.63, 3.8) is 0 Å². The molecule has 0 saturated carbocycles. The molecule has 4 heterocycles. The van der Waals surface area contributed by atoms with Crippen molar-refractivity contribution in [1.29, 1.82) is 0 Å². The van der Waals surface area contributed by atoms with Gasteiger partial charge in [-0.1, -0.05) is 12.2 Å².